The van der Waals surface area contributed by atoms with Gasteiger partial charge >= 0.3 is 0 Å². The Morgan fingerprint density at radius 3 is 2.00 bits per heavy atom. The summed E-state index contributed by atoms with van der Waals surface area (Å²) in [7, 11) is 0. The van der Waals surface area contributed by atoms with Gasteiger partial charge in [-0.3, -0.25) is 9.59 Å². The van der Waals surface area contributed by atoms with Crippen molar-refractivity contribution in [2.75, 3.05) is 0 Å². The van der Waals surface area contributed by atoms with Gasteiger partial charge in [-0.05, 0) is 13.0 Å². The maximum Gasteiger partial charge on any atom is 0.165 e. The highest BCUT2D eigenvalue weighted by Crippen LogP contribution is 2.07. The Hall–Kier alpha value is -0.920. The van der Waals surface area contributed by atoms with Crippen molar-refractivity contribution in [3.8, 4) is 0 Å². The lowest BCUT2D eigenvalue weighted by Gasteiger charge is -2.08. The molecule has 0 aromatic carbocycles. The van der Waals surface area contributed by atoms with Crippen LogP contribution < -0.4 is 0 Å². The molecule has 0 radical (unpaired) electrons. The summed E-state index contributed by atoms with van der Waals surface area (Å²) in [5.74, 6) is -0.806. The molecule has 0 aliphatic carbocycles. The number of hydrogen-bond acceptors (Lipinski definition) is 2. The van der Waals surface area contributed by atoms with Crippen LogP contribution in [0.4, 0.5) is 0 Å². The first-order valence-corrected chi connectivity index (χ1v) is 3.70. The van der Waals surface area contributed by atoms with E-state index in [0.29, 0.717) is 0 Å². The van der Waals surface area contributed by atoms with E-state index in [9.17, 15) is 9.59 Å². The number of ketones is 2. The molecule has 0 fully saturated rings. The van der Waals surface area contributed by atoms with Gasteiger partial charge in [0.25, 0.3) is 0 Å². The third kappa shape index (κ3) is 2.66. The van der Waals surface area contributed by atoms with Crippen LogP contribution in [0.5, 0.6) is 0 Å². The Morgan fingerprint density at radius 2 is 1.73 bits per heavy atom. The molecule has 0 aliphatic rings. The average Bonchev–Trinajstić information content (AvgIpc) is 2.00. The Kier molecular flexibility index (Phi) is 3.72. The molecule has 0 aromatic heterocycles. The monoisotopic (exact) mass is 154 g/mol. The lowest BCUT2D eigenvalue weighted by Crippen LogP contribution is -2.23. The maximum atomic E-state index is 11.2. The summed E-state index contributed by atoms with van der Waals surface area (Å²) in [6, 6.07) is 0. The predicted octanol–water partition coefficient (Wildman–Crippen LogP) is 1.60. The zero-order chi connectivity index (χ0) is 9.02. The minimum Gasteiger partial charge on any atom is -0.299 e. The molecule has 11 heavy (non-hydrogen) atoms. The molecule has 0 amide bonds. The number of allylic oxidation sites excluding steroid dienone is 1. The standard InChI is InChI=1S/C9H14O2/c1-5-8(10)7(4)9(11)6(2)3/h5-7H,1H2,2-4H3. The quantitative estimate of drug-likeness (QED) is 0.455. The molecule has 0 heterocycles. The van der Waals surface area contributed by atoms with Crippen molar-refractivity contribution in [2.24, 2.45) is 11.8 Å². The van der Waals surface area contributed by atoms with Crippen LogP contribution in [0.15, 0.2) is 12.7 Å². The van der Waals surface area contributed by atoms with Gasteiger partial charge in [0.15, 0.2) is 5.78 Å². The second-order valence-corrected chi connectivity index (χ2v) is 2.89. The van der Waals surface area contributed by atoms with Gasteiger partial charge in [-0.2, -0.15) is 0 Å². The molecule has 0 aromatic rings. The first-order valence-electron chi connectivity index (χ1n) is 3.70. The number of rotatable bonds is 4. The maximum absolute atomic E-state index is 11.2. The summed E-state index contributed by atoms with van der Waals surface area (Å²) in [5, 5.41) is 0. The molecule has 0 rings (SSSR count). The molecule has 2 heteroatoms. The molecular weight excluding hydrogens is 140 g/mol. The highest BCUT2D eigenvalue weighted by molar-refractivity contribution is 6.07. The van der Waals surface area contributed by atoms with Crippen molar-refractivity contribution in [1.82, 2.24) is 0 Å². The molecule has 0 bridgehead atoms. The third-order valence-corrected chi connectivity index (χ3v) is 1.62. The van der Waals surface area contributed by atoms with E-state index in [4.69, 9.17) is 0 Å². The molecule has 0 N–H and O–H groups in total. The van der Waals surface area contributed by atoms with Gasteiger partial charge in [-0.15, -0.1) is 0 Å². The van der Waals surface area contributed by atoms with E-state index in [-0.39, 0.29) is 17.5 Å². The minimum absolute atomic E-state index is 0.0186. The van der Waals surface area contributed by atoms with Gasteiger partial charge in [0.2, 0.25) is 0 Å². The van der Waals surface area contributed by atoms with Gasteiger partial charge < -0.3 is 0 Å². The Balaban J connectivity index is 4.24. The smallest absolute Gasteiger partial charge is 0.165 e. The minimum atomic E-state index is -0.521. The molecule has 0 aliphatic heterocycles. The van der Waals surface area contributed by atoms with Gasteiger partial charge in [-0.1, -0.05) is 20.4 Å². The van der Waals surface area contributed by atoms with Crippen molar-refractivity contribution >= 4 is 11.6 Å². The number of hydrogen-bond donors (Lipinski definition) is 0. The Morgan fingerprint density at radius 1 is 1.27 bits per heavy atom. The summed E-state index contributed by atoms with van der Waals surface area (Å²) >= 11 is 0. The van der Waals surface area contributed by atoms with Gasteiger partial charge in [0.05, 0.1) is 5.92 Å². The molecule has 1 atom stereocenters. The Bertz CT molecular complexity index is 180. The van der Waals surface area contributed by atoms with Crippen LogP contribution in [0.25, 0.3) is 0 Å². The molecule has 62 valence electrons. The summed E-state index contributed by atoms with van der Waals surface area (Å²) in [6.45, 7) is 8.51. The van der Waals surface area contributed by atoms with Gasteiger partial charge in [0.1, 0.15) is 5.78 Å². The highest BCUT2D eigenvalue weighted by Gasteiger charge is 2.20. The van der Waals surface area contributed by atoms with E-state index in [2.05, 4.69) is 6.58 Å². The van der Waals surface area contributed by atoms with Crippen LogP contribution in [-0.2, 0) is 9.59 Å². The van der Waals surface area contributed by atoms with Crippen molar-refractivity contribution in [1.29, 1.82) is 0 Å². The van der Waals surface area contributed by atoms with Crippen LogP contribution >= 0.6 is 0 Å². The average molecular weight is 154 g/mol. The van der Waals surface area contributed by atoms with Crippen molar-refractivity contribution in [3.63, 3.8) is 0 Å². The molecule has 2 nitrogen and oxygen atoms in total. The number of Topliss-reactive ketones (excluding diaryl/α,β-unsaturated/α-hetero) is 1. The summed E-state index contributed by atoms with van der Waals surface area (Å²) in [5.41, 5.74) is 0. The lowest BCUT2D eigenvalue weighted by atomic mass is 9.93. The molecule has 0 spiro atoms. The molecular formula is C9H14O2. The Labute approximate surface area is 67.3 Å². The van der Waals surface area contributed by atoms with Crippen molar-refractivity contribution in [2.45, 2.75) is 20.8 Å². The lowest BCUT2D eigenvalue weighted by molar-refractivity contribution is -0.131. The first kappa shape index (κ1) is 10.1. The number of carbonyl (C=O) groups is 2. The van der Waals surface area contributed by atoms with Crippen molar-refractivity contribution < 1.29 is 9.59 Å². The van der Waals surface area contributed by atoms with Crippen LogP contribution in [0.2, 0.25) is 0 Å². The van der Waals surface area contributed by atoms with E-state index in [1.54, 1.807) is 20.8 Å². The fourth-order valence-electron chi connectivity index (χ4n) is 0.817. The van der Waals surface area contributed by atoms with Gasteiger partial charge in [0, 0.05) is 5.92 Å². The van der Waals surface area contributed by atoms with E-state index >= 15 is 0 Å². The largest absolute Gasteiger partial charge is 0.299 e. The molecule has 1 unspecified atom stereocenters. The second-order valence-electron chi connectivity index (χ2n) is 2.89. The summed E-state index contributed by atoms with van der Waals surface area (Å²) < 4.78 is 0. The normalized spacial score (nSPS) is 12.7. The van der Waals surface area contributed by atoms with Gasteiger partial charge in [-0.25, -0.2) is 0 Å². The fraction of sp³-hybridized carbons (Fsp3) is 0.556. The van der Waals surface area contributed by atoms with E-state index in [1.807, 2.05) is 0 Å². The second kappa shape index (κ2) is 4.06. The third-order valence-electron chi connectivity index (χ3n) is 1.62. The zero-order valence-corrected chi connectivity index (χ0v) is 7.26. The van der Waals surface area contributed by atoms with Crippen LogP contribution in [0.1, 0.15) is 20.8 Å². The fourth-order valence-corrected chi connectivity index (χ4v) is 0.817. The SMILES string of the molecule is C=CC(=O)C(C)C(=O)C(C)C. The topological polar surface area (TPSA) is 34.1 Å². The predicted molar refractivity (Wildman–Crippen MR) is 44.2 cm³/mol. The van der Waals surface area contributed by atoms with E-state index in [1.165, 1.54) is 6.08 Å². The van der Waals surface area contributed by atoms with Crippen LogP contribution in [-0.4, -0.2) is 11.6 Å². The molecule has 0 saturated heterocycles. The molecule has 0 saturated carbocycles. The van der Waals surface area contributed by atoms with E-state index < -0.39 is 5.92 Å². The van der Waals surface area contributed by atoms with E-state index in [0.717, 1.165) is 0 Å². The van der Waals surface area contributed by atoms with Crippen molar-refractivity contribution in [3.05, 3.63) is 12.7 Å². The summed E-state index contributed by atoms with van der Waals surface area (Å²) in [6.07, 6.45) is 1.20. The number of carbonyl (C=O) groups excluding carboxylic acids is 2. The summed E-state index contributed by atoms with van der Waals surface area (Å²) in [4.78, 5) is 22.1. The zero-order valence-electron chi connectivity index (χ0n) is 7.26. The highest BCUT2D eigenvalue weighted by atomic mass is 16.1. The van der Waals surface area contributed by atoms with Crippen LogP contribution in [0.3, 0.4) is 0 Å². The van der Waals surface area contributed by atoms with Crippen LogP contribution in [0, 0.1) is 11.8 Å². The first-order chi connectivity index (χ1) is 5.00.